The molecule has 1 aliphatic rings. The van der Waals surface area contributed by atoms with E-state index in [-0.39, 0.29) is 0 Å². The second kappa shape index (κ2) is 13.1. The molecule has 0 unspecified atom stereocenters. The summed E-state index contributed by atoms with van der Waals surface area (Å²) in [5.74, 6) is 0. The fourth-order valence-corrected chi connectivity index (χ4v) is 10.6. The van der Waals surface area contributed by atoms with Crippen LogP contribution < -0.4 is 4.90 Å². The molecule has 0 saturated carbocycles. The highest BCUT2D eigenvalue weighted by molar-refractivity contribution is 7.26. The quantitative estimate of drug-likeness (QED) is 0.164. The maximum atomic E-state index is 3.52. The molecule has 0 atom stereocenters. The van der Waals surface area contributed by atoms with Crippen LogP contribution in [0.2, 0.25) is 0 Å². The number of allylic oxidation sites excluding steroid dienone is 4. The summed E-state index contributed by atoms with van der Waals surface area (Å²) in [5, 5.41) is 7.65. The van der Waals surface area contributed by atoms with Gasteiger partial charge in [-0.3, -0.25) is 0 Å². The highest BCUT2D eigenvalue weighted by atomic mass is 32.1. The Balaban J connectivity index is 1.05. The van der Waals surface area contributed by atoms with Gasteiger partial charge in [0.1, 0.15) is 0 Å². The Bertz CT molecular complexity index is 3150. The van der Waals surface area contributed by atoms with Gasteiger partial charge in [0.25, 0.3) is 0 Å². The van der Waals surface area contributed by atoms with Gasteiger partial charge in [0, 0.05) is 62.9 Å². The Morgan fingerprint density at radius 2 is 1.16 bits per heavy atom. The first kappa shape index (κ1) is 32.0. The summed E-state index contributed by atoms with van der Waals surface area (Å²) in [7, 11) is 0. The van der Waals surface area contributed by atoms with Crippen LogP contribution in [-0.4, -0.2) is 0 Å². The maximum absolute atomic E-state index is 3.52. The molecule has 0 N–H and O–H groups in total. The lowest BCUT2D eigenvalue weighted by Gasteiger charge is -2.32. The first-order chi connectivity index (χ1) is 27.2. The second-order valence-corrected chi connectivity index (χ2v) is 16.4. The van der Waals surface area contributed by atoms with Crippen LogP contribution >= 0.6 is 22.7 Å². The van der Waals surface area contributed by atoms with Crippen LogP contribution in [0.3, 0.4) is 0 Å². The molecule has 55 heavy (non-hydrogen) atoms. The van der Waals surface area contributed by atoms with Crippen molar-refractivity contribution in [2.75, 3.05) is 4.90 Å². The number of anilines is 2. The van der Waals surface area contributed by atoms with Crippen molar-refractivity contribution in [1.82, 2.24) is 0 Å². The number of benzene rings is 7. The Hall–Kier alpha value is -6.44. The number of hydrogen-bond acceptors (Lipinski definition) is 3. The van der Waals surface area contributed by atoms with Crippen molar-refractivity contribution in [2.45, 2.75) is 12.8 Å². The molecule has 0 fully saturated rings. The lowest BCUT2D eigenvalue weighted by Crippen LogP contribution is -2.18. The van der Waals surface area contributed by atoms with Gasteiger partial charge < -0.3 is 4.90 Å². The minimum atomic E-state index is 0.929. The summed E-state index contributed by atoms with van der Waals surface area (Å²) in [6.07, 6.45) is 6.71. The highest BCUT2D eigenvalue weighted by Gasteiger charge is 2.22. The molecule has 0 spiro atoms. The third-order valence-corrected chi connectivity index (χ3v) is 13.3. The van der Waals surface area contributed by atoms with Crippen LogP contribution in [0.1, 0.15) is 18.4 Å². The number of thiophene rings is 2. The zero-order chi connectivity index (χ0) is 36.3. The van der Waals surface area contributed by atoms with E-state index in [1.807, 2.05) is 28.7 Å². The maximum Gasteiger partial charge on any atom is 0.0543 e. The van der Waals surface area contributed by atoms with Gasteiger partial charge in [0.05, 0.1) is 5.69 Å². The van der Waals surface area contributed by atoms with E-state index in [1.165, 1.54) is 73.7 Å². The second-order valence-electron chi connectivity index (χ2n) is 14.2. The molecule has 1 nitrogen and oxygen atoms in total. The largest absolute Gasteiger partial charge is 0.314 e. The molecular weight excluding hydrogens is 703 g/mol. The molecule has 0 saturated heterocycles. The molecule has 2 aromatic heterocycles. The summed E-state index contributed by atoms with van der Waals surface area (Å²) in [4.78, 5) is 2.48. The Morgan fingerprint density at radius 3 is 2.02 bits per heavy atom. The summed E-state index contributed by atoms with van der Waals surface area (Å²) in [6, 6.07) is 66.7. The van der Waals surface area contributed by atoms with E-state index >= 15 is 0 Å². The normalized spacial score (nSPS) is 13.0. The smallest absolute Gasteiger partial charge is 0.0543 e. The molecular formula is C52H33NS2. The highest BCUT2D eigenvalue weighted by Crippen LogP contribution is 2.44. The van der Waals surface area contributed by atoms with Gasteiger partial charge in [-0.1, -0.05) is 127 Å². The van der Waals surface area contributed by atoms with Crippen LogP contribution in [0.15, 0.2) is 182 Å². The van der Waals surface area contributed by atoms with Crippen molar-refractivity contribution in [1.29, 1.82) is 0 Å². The third kappa shape index (κ3) is 5.53. The average Bonchev–Trinajstić information content (AvgIpc) is 3.82. The van der Waals surface area contributed by atoms with Crippen molar-refractivity contribution in [3.05, 3.63) is 199 Å². The third-order valence-electron chi connectivity index (χ3n) is 11.0. The van der Waals surface area contributed by atoms with Gasteiger partial charge in [0.2, 0.25) is 0 Å². The summed E-state index contributed by atoms with van der Waals surface area (Å²) < 4.78 is 5.32. The van der Waals surface area contributed by atoms with Crippen LogP contribution in [0, 0.1) is 12.1 Å². The van der Waals surface area contributed by atoms with Gasteiger partial charge in [0.15, 0.2) is 0 Å². The minimum absolute atomic E-state index is 0.929. The van der Waals surface area contributed by atoms with Crippen LogP contribution in [0.25, 0.3) is 78.9 Å². The van der Waals surface area contributed by atoms with Crippen LogP contribution in [0.4, 0.5) is 11.4 Å². The van der Waals surface area contributed by atoms with Crippen molar-refractivity contribution in [3.63, 3.8) is 0 Å². The molecule has 0 amide bonds. The van der Waals surface area contributed by atoms with E-state index in [9.17, 15) is 0 Å². The Labute approximate surface area is 328 Å². The van der Waals surface area contributed by atoms with E-state index in [1.54, 1.807) is 0 Å². The summed E-state index contributed by atoms with van der Waals surface area (Å²) in [5.41, 5.74) is 10.7. The Morgan fingerprint density at radius 1 is 0.509 bits per heavy atom. The number of nitrogens with zero attached hydrogens (tertiary/aromatic N) is 1. The molecule has 10 aromatic rings. The lowest BCUT2D eigenvalue weighted by molar-refractivity contribution is 0.922. The van der Waals surface area contributed by atoms with Crippen LogP contribution in [-0.2, 0) is 0 Å². The monoisotopic (exact) mass is 735 g/mol. The van der Waals surface area contributed by atoms with Gasteiger partial charge in [-0.2, -0.15) is 0 Å². The predicted octanol–water partition coefficient (Wildman–Crippen LogP) is 15.4. The van der Waals surface area contributed by atoms with E-state index in [0.29, 0.717) is 0 Å². The van der Waals surface area contributed by atoms with Gasteiger partial charge in [-0.25, -0.2) is 0 Å². The molecule has 0 radical (unpaired) electrons. The van der Waals surface area contributed by atoms with Crippen molar-refractivity contribution in [2.24, 2.45) is 0 Å². The molecule has 258 valence electrons. The molecule has 0 bridgehead atoms. The van der Waals surface area contributed by atoms with Gasteiger partial charge in [-0.15, -0.1) is 22.7 Å². The molecule has 0 aliphatic heterocycles. The van der Waals surface area contributed by atoms with Crippen LogP contribution in [0.5, 0.6) is 0 Å². The molecule has 8 aromatic carbocycles. The first-order valence-corrected chi connectivity index (χ1v) is 20.4. The van der Waals surface area contributed by atoms with Gasteiger partial charge in [-0.05, 0) is 107 Å². The summed E-state index contributed by atoms with van der Waals surface area (Å²) >= 11 is 3.74. The zero-order valence-electron chi connectivity index (χ0n) is 29.9. The standard InChI is InChI=1S/C52H33NS2/c1-2-15-41-35(11-1)12-10-19-42(41)43-16-3-6-20-48(43)53(39-27-23-34(24-28-39)37-26-30-51-47(32-37)45-18-5-8-22-50(45)54-51)40-14-9-13-36(31-40)38-25-29-46-44-17-4-7-21-49(44)55-52(46)33-38/h1-8,11-13,15-18,20-33H,9,14H2. The molecule has 2 heterocycles. The van der Waals surface area contributed by atoms with E-state index < -0.39 is 0 Å². The molecule has 11 rings (SSSR count). The predicted molar refractivity (Wildman–Crippen MR) is 239 cm³/mol. The lowest BCUT2D eigenvalue weighted by atomic mass is 9.94. The molecule has 1 aliphatic carbocycles. The number of rotatable bonds is 6. The Kier molecular flexibility index (Phi) is 7.66. The number of para-hydroxylation sites is 1. The topological polar surface area (TPSA) is 3.24 Å². The fourth-order valence-electron chi connectivity index (χ4n) is 8.33. The summed E-state index contributed by atoms with van der Waals surface area (Å²) in [6.45, 7) is 0. The molecule has 3 heteroatoms. The van der Waals surface area contributed by atoms with Crippen molar-refractivity contribution >= 4 is 90.7 Å². The van der Waals surface area contributed by atoms with Crippen molar-refractivity contribution < 1.29 is 0 Å². The fraction of sp³-hybridized carbons (Fsp3) is 0.0385. The van der Waals surface area contributed by atoms with E-state index in [0.717, 1.165) is 40.7 Å². The zero-order valence-corrected chi connectivity index (χ0v) is 31.6. The van der Waals surface area contributed by atoms with E-state index in [2.05, 4.69) is 187 Å². The number of hydrogen-bond donors (Lipinski definition) is 0. The SMILES string of the molecule is c1cc2ccccc2c(-c2ccccc2N(C2=CC(c3ccc4c(c3)sc3ccccc34)=CCC2)c2ccc(-c3ccc4sc5ccccc5c4c3)cc2)c#1. The number of fused-ring (bicyclic) bond motifs is 7. The van der Waals surface area contributed by atoms with Gasteiger partial charge >= 0.3 is 0 Å². The van der Waals surface area contributed by atoms with Crippen molar-refractivity contribution in [3.8, 4) is 22.3 Å². The first-order valence-electron chi connectivity index (χ1n) is 18.8. The van der Waals surface area contributed by atoms with E-state index in [4.69, 9.17) is 0 Å². The average molecular weight is 736 g/mol. The minimum Gasteiger partial charge on any atom is -0.314 e.